The molecule has 0 saturated heterocycles. The van der Waals surface area contributed by atoms with Gasteiger partial charge in [-0.3, -0.25) is 0 Å². The topological polar surface area (TPSA) is 21.3 Å². The van der Waals surface area contributed by atoms with Gasteiger partial charge in [-0.25, -0.2) is 0 Å². The number of rotatable bonds is 8. The monoisotopic (exact) mass is 347 g/mol. The van der Waals surface area contributed by atoms with Gasteiger partial charge >= 0.3 is 0 Å². The Bertz CT molecular complexity index is 542. The van der Waals surface area contributed by atoms with Crippen molar-refractivity contribution in [1.29, 1.82) is 0 Å². The molecule has 21 heavy (non-hydrogen) atoms. The molecule has 2 rings (SSSR count). The number of ether oxygens (including phenoxy) is 1. The molecule has 1 N–H and O–H groups in total. The second kappa shape index (κ2) is 8.85. The lowest BCUT2D eigenvalue weighted by Crippen LogP contribution is -2.17. The molecule has 3 heteroatoms. The zero-order chi connectivity index (χ0) is 14.9. The minimum atomic E-state index is 0.763. The third kappa shape index (κ3) is 5.52. The van der Waals surface area contributed by atoms with Gasteiger partial charge in [0.15, 0.2) is 0 Å². The fraction of sp³-hybridized carbons (Fsp3) is 0.333. The van der Waals surface area contributed by atoms with Gasteiger partial charge < -0.3 is 10.1 Å². The minimum Gasteiger partial charge on any atom is -0.493 e. The molecule has 0 aliphatic heterocycles. The number of benzene rings is 2. The van der Waals surface area contributed by atoms with Gasteiger partial charge in [-0.1, -0.05) is 53.2 Å². The first-order chi connectivity index (χ1) is 10.3. The SMILES string of the molecule is CCCOc1ccc(Br)cc1CNCCc1ccccc1. The highest BCUT2D eigenvalue weighted by atomic mass is 79.9. The van der Waals surface area contributed by atoms with Crippen LogP contribution in [0.3, 0.4) is 0 Å². The highest BCUT2D eigenvalue weighted by Gasteiger charge is 2.04. The molecule has 0 amide bonds. The number of halogens is 1. The van der Waals surface area contributed by atoms with Gasteiger partial charge in [-0.2, -0.15) is 0 Å². The Kier molecular flexibility index (Phi) is 6.77. The van der Waals surface area contributed by atoms with Crippen LogP contribution < -0.4 is 10.1 Å². The fourth-order valence-corrected chi connectivity index (χ4v) is 2.55. The van der Waals surface area contributed by atoms with Crippen molar-refractivity contribution in [2.24, 2.45) is 0 Å². The Morgan fingerprint density at radius 1 is 1.10 bits per heavy atom. The third-order valence-electron chi connectivity index (χ3n) is 3.23. The van der Waals surface area contributed by atoms with Crippen LogP contribution in [0.25, 0.3) is 0 Å². The summed E-state index contributed by atoms with van der Waals surface area (Å²) in [6.07, 6.45) is 2.07. The van der Waals surface area contributed by atoms with Crippen LogP contribution in [0.5, 0.6) is 5.75 Å². The third-order valence-corrected chi connectivity index (χ3v) is 3.73. The molecular weight excluding hydrogens is 326 g/mol. The first-order valence-corrected chi connectivity index (χ1v) is 8.24. The average molecular weight is 348 g/mol. The Morgan fingerprint density at radius 3 is 2.67 bits per heavy atom. The maximum Gasteiger partial charge on any atom is 0.123 e. The molecule has 0 aliphatic rings. The van der Waals surface area contributed by atoms with Crippen molar-refractivity contribution in [1.82, 2.24) is 5.32 Å². The van der Waals surface area contributed by atoms with Crippen molar-refractivity contribution in [3.63, 3.8) is 0 Å². The molecule has 0 radical (unpaired) electrons. The lowest BCUT2D eigenvalue weighted by molar-refractivity contribution is 0.313. The summed E-state index contributed by atoms with van der Waals surface area (Å²) in [5, 5.41) is 3.49. The predicted molar refractivity (Wildman–Crippen MR) is 91.8 cm³/mol. The molecule has 0 saturated carbocycles. The molecule has 0 aliphatic carbocycles. The number of hydrogen-bond donors (Lipinski definition) is 1. The molecular formula is C18H22BrNO. The van der Waals surface area contributed by atoms with Crippen molar-refractivity contribution in [2.75, 3.05) is 13.2 Å². The Balaban J connectivity index is 1.85. The molecule has 0 bridgehead atoms. The van der Waals surface area contributed by atoms with E-state index in [1.807, 2.05) is 12.1 Å². The summed E-state index contributed by atoms with van der Waals surface area (Å²) < 4.78 is 6.88. The van der Waals surface area contributed by atoms with Gasteiger partial charge in [0.2, 0.25) is 0 Å². The van der Waals surface area contributed by atoms with Gasteiger partial charge in [0.25, 0.3) is 0 Å². The van der Waals surface area contributed by atoms with Crippen molar-refractivity contribution in [3.05, 3.63) is 64.1 Å². The highest BCUT2D eigenvalue weighted by Crippen LogP contribution is 2.23. The molecule has 0 spiro atoms. The van der Waals surface area contributed by atoms with Crippen LogP contribution in [0, 0.1) is 0 Å². The summed E-state index contributed by atoms with van der Waals surface area (Å²) in [5.41, 5.74) is 2.56. The maximum atomic E-state index is 5.80. The summed E-state index contributed by atoms with van der Waals surface area (Å²) in [5.74, 6) is 0.979. The van der Waals surface area contributed by atoms with E-state index >= 15 is 0 Å². The van der Waals surface area contributed by atoms with E-state index in [0.29, 0.717) is 0 Å². The molecule has 0 heterocycles. The van der Waals surface area contributed by atoms with E-state index in [2.05, 4.69) is 64.6 Å². The van der Waals surface area contributed by atoms with Crippen LogP contribution in [-0.4, -0.2) is 13.2 Å². The van der Waals surface area contributed by atoms with Gasteiger partial charge in [0.05, 0.1) is 6.61 Å². The average Bonchev–Trinajstić information content (AvgIpc) is 2.52. The summed E-state index contributed by atoms with van der Waals surface area (Å²) >= 11 is 3.53. The second-order valence-electron chi connectivity index (χ2n) is 5.01. The zero-order valence-electron chi connectivity index (χ0n) is 12.4. The van der Waals surface area contributed by atoms with Crippen molar-refractivity contribution in [3.8, 4) is 5.75 Å². The lowest BCUT2D eigenvalue weighted by Gasteiger charge is -2.12. The van der Waals surface area contributed by atoms with Crippen molar-refractivity contribution < 1.29 is 4.74 Å². The Morgan fingerprint density at radius 2 is 1.90 bits per heavy atom. The molecule has 2 nitrogen and oxygen atoms in total. The van der Waals surface area contributed by atoms with Gasteiger partial charge in [-0.15, -0.1) is 0 Å². The Hall–Kier alpha value is -1.32. The van der Waals surface area contributed by atoms with E-state index in [0.717, 1.165) is 42.8 Å². The standard InChI is InChI=1S/C18H22BrNO/c1-2-12-21-18-9-8-17(19)13-16(18)14-20-11-10-15-6-4-3-5-7-15/h3-9,13,20H,2,10-12,14H2,1H3. The lowest BCUT2D eigenvalue weighted by atomic mass is 10.1. The van der Waals surface area contributed by atoms with Gasteiger partial charge in [0, 0.05) is 16.6 Å². The normalized spacial score (nSPS) is 10.6. The van der Waals surface area contributed by atoms with E-state index in [1.54, 1.807) is 0 Å². The highest BCUT2D eigenvalue weighted by molar-refractivity contribution is 9.10. The molecule has 0 atom stereocenters. The van der Waals surface area contributed by atoms with Gasteiger partial charge in [-0.05, 0) is 43.1 Å². The maximum absolute atomic E-state index is 5.80. The van der Waals surface area contributed by atoms with Crippen LogP contribution in [0.15, 0.2) is 53.0 Å². The smallest absolute Gasteiger partial charge is 0.123 e. The van der Waals surface area contributed by atoms with Crippen molar-refractivity contribution >= 4 is 15.9 Å². The van der Waals surface area contributed by atoms with Crippen LogP contribution in [0.1, 0.15) is 24.5 Å². The largest absolute Gasteiger partial charge is 0.493 e. The zero-order valence-corrected chi connectivity index (χ0v) is 14.0. The van der Waals surface area contributed by atoms with E-state index in [4.69, 9.17) is 4.74 Å². The van der Waals surface area contributed by atoms with Crippen molar-refractivity contribution in [2.45, 2.75) is 26.3 Å². The molecule has 2 aromatic carbocycles. The summed E-state index contributed by atoms with van der Waals surface area (Å²) in [6, 6.07) is 16.7. The molecule has 0 aromatic heterocycles. The molecule has 2 aromatic rings. The van der Waals surface area contributed by atoms with E-state index < -0.39 is 0 Å². The first-order valence-electron chi connectivity index (χ1n) is 7.45. The van der Waals surface area contributed by atoms with E-state index in [1.165, 1.54) is 11.1 Å². The van der Waals surface area contributed by atoms with Crippen LogP contribution >= 0.6 is 15.9 Å². The first kappa shape index (κ1) is 16.1. The number of nitrogens with one attached hydrogen (secondary N) is 1. The van der Waals surface area contributed by atoms with Crippen LogP contribution in [0.2, 0.25) is 0 Å². The minimum absolute atomic E-state index is 0.763. The van der Waals surface area contributed by atoms with E-state index in [9.17, 15) is 0 Å². The second-order valence-corrected chi connectivity index (χ2v) is 5.93. The Labute approximate surface area is 135 Å². The van der Waals surface area contributed by atoms with Crippen LogP contribution in [0.4, 0.5) is 0 Å². The summed E-state index contributed by atoms with van der Waals surface area (Å²) in [7, 11) is 0. The predicted octanol–water partition coefficient (Wildman–Crippen LogP) is 4.57. The molecule has 112 valence electrons. The quantitative estimate of drug-likeness (QED) is 0.706. The number of hydrogen-bond acceptors (Lipinski definition) is 2. The van der Waals surface area contributed by atoms with Gasteiger partial charge in [0.1, 0.15) is 5.75 Å². The summed E-state index contributed by atoms with van der Waals surface area (Å²) in [4.78, 5) is 0. The fourth-order valence-electron chi connectivity index (χ4n) is 2.14. The molecule has 0 fully saturated rings. The molecule has 0 unspecified atom stereocenters. The summed E-state index contributed by atoms with van der Waals surface area (Å²) in [6.45, 7) is 4.67. The van der Waals surface area contributed by atoms with E-state index in [-0.39, 0.29) is 0 Å². The van der Waals surface area contributed by atoms with Crippen LogP contribution in [-0.2, 0) is 13.0 Å².